The van der Waals surface area contributed by atoms with Gasteiger partial charge >= 0.3 is 35.8 Å². The molecule has 1 saturated heterocycles. The third kappa shape index (κ3) is 16.6. The van der Waals surface area contributed by atoms with E-state index in [0.29, 0.717) is 22.5 Å². The monoisotopic (exact) mass is 998 g/mol. The van der Waals surface area contributed by atoms with Crippen LogP contribution >= 0.6 is 31.9 Å². The molecule has 1 unspecified atom stereocenters. The zero-order valence-corrected chi connectivity index (χ0v) is 35.6. The molecule has 0 saturated carbocycles. The van der Waals surface area contributed by atoms with Crippen molar-refractivity contribution in [3.63, 3.8) is 0 Å². The molecule has 298 valence electrons. The van der Waals surface area contributed by atoms with Crippen LogP contribution in [0, 0.1) is 6.07 Å². The Morgan fingerprint density at radius 2 is 1.28 bits per heavy atom. The van der Waals surface area contributed by atoms with E-state index >= 15 is 0 Å². The minimum atomic E-state index is -4.77. The molecule has 3 N–H and O–H groups in total. The Morgan fingerprint density at radius 3 is 1.75 bits per heavy atom. The summed E-state index contributed by atoms with van der Waals surface area (Å²) < 4.78 is 85.5. The maximum atomic E-state index is 12.3. The van der Waals surface area contributed by atoms with E-state index in [4.69, 9.17) is 4.74 Å². The number of H-pyrrole nitrogens is 2. The summed E-state index contributed by atoms with van der Waals surface area (Å²) >= 11 is 6.66. The number of rotatable bonds is 7. The topological polar surface area (TPSA) is 122 Å². The molecule has 1 aliphatic heterocycles. The van der Waals surface area contributed by atoms with Gasteiger partial charge in [-0.2, -0.15) is 18.2 Å². The summed E-state index contributed by atoms with van der Waals surface area (Å²) in [6, 6.07) is 26.8. The Morgan fingerprint density at radius 1 is 0.737 bits per heavy atom. The summed E-state index contributed by atoms with van der Waals surface area (Å²) in [6.07, 6.45) is -0.597. The first-order valence-electron chi connectivity index (χ1n) is 16.1. The van der Waals surface area contributed by atoms with Crippen LogP contribution in [-0.2, 0) is 10.3 Å². The predicted molar refractivity (Wildman–Crippen MR) is 202 cm³/mol. The standard InChI is InChI=1S/C17H12BrF3N2O2.C10H7BrN2O.C7H4F3O.C4H8O.BrH.Mg/c18-13-3-1-2-12(10-13)16(24,15-22-8-9-23-15)11-4-6-14(7-5-11)25-17(19,20)21;11-8-3-1-2-7(6-8)9(14)10-12-4-5-13-10;8-7(9,10)11-6-4-2-1-3-5-6;1-2-4-5-3-1;;/h1-10,24H,(H,22,23);1-6H,(H,12,13);2-5H;1-4H2;1H;/q;;-1;;;+2/p-1. The zero-order chi connectivity index (χ0) is 39.9. The van der Waals surface area contributed by atoms with E-state index in [-0.39, 0.29) is 63.1 Å². The van der Waals surface area contributed by atoms with Crippen molar-refractivity contribution in [3.05, 3.63) is 165 Å². The number of ketones is 1. The molecular weight excluding hydrogens is 970 g/mol. The first kappa shape index (κ1) is 49.4. The van der Waals surface area contributed by atoms with Gasteiger partial charge in [0.1, 0.15) is 11.6 Å². The number of aromatic amines is 2. The van der Waals surface area contributed by atoms with Crippen molar-refractivity contribution in [2.75, 3.05) is 13.2 Å². The van der Waals surface area contributed by atoms with Gasteiger partial charge in [-0.1, -0.05) is 68.3 Å². The summed E-state index contributed by atoms with van der Waals surface area (Å²) in [5.74, 6) is -0.0852. The van der Waals surface area contributed by atoms with Crippen molar-refractivity contribution in [1.29, 1.82) is 0 Å². The minimum Gasteiger partial charge on any atom is -1.00 e. The van der Waals surface area contributed by atoms with Crippen molar-refractivity contribution in [3.8, 4) is 11.5 Å². The molecule has 1 fully saturated rings. The van der Waals surface area contributed by atoms with Crippen LogP contribution in [0.4, 0.5) is 26.3 Å². The average Bonchev–Trinajstić information content (AvgIpc) is 3.97. The Balaban J connectivity index is 0.000000295. The number of carbonyl (C=O) groups excluding carboxylic acids is 1. The number of halogens is 9. The smallest absolute Gasteiger partial charge is 1.00 e. The molecule has 0 radical (unpaired) electrons. The molecule has 0 aliphatic carbocycles. The van der Waals surface area contributed by atoms with Crippen molar-refractivity contribution < 1.29 is 67.4 Å². The third-order valence-corrected chi connectivity index (χ3v) is 8.12. The number of aliphatic hydroxyl groups is 1. The van der Waals surface area contributed by atoms with Crippen LogP contribution in [0.2, 0.25) is 0 Å². The number of hydrogen-bond acceptors (Lipinski definition) is 7. The molecule has 1 aliphatic rings. The fraction of sp³-hybridized carbons (Fsp3) is 0.184. The Labute approximate surface area is 366 Å². The molecule has 2 aromatic heterocycles. The van der Waals surface area contributed by atoms with Crippen molar-refractivity contribution in [1.82, 2.24) is 19.9 Å². The summed E-state index contributed by atoms with van der Waals surface area (Å²) in [5, 5.41) is 11.4. The van der Waals surface area contributed by atoms with Gasteiger partial charge < -0.3 is 46.3 Å². The van der Waals surface area contributed by atoms with Crippen LogP contribution in [0.1, 0.15) is 46.0 Å². The second-order valence-electron chi connectivity index (χ2n) is 11.1. The predicted octanol–water partition coefficient (Wildman–Crippen LogP) is 6.56. The number of ether oxygens (including phenoxy) is 3. The van der Waals surface area contributed by atoms with E-state index in [0.717, 1.165) is 34.3 Å². The Bertz CT molecular complexity index is 2030. The van der Waals surface area contributed by atoms with Gasteiger partial charge in [-0.05, 0) is 60.4 Å². The van der Waals surface area contributed by atoms with Gasteiger partial charge in [-0.25, -0.2) is 9.97 Å². The Kier molecular flexibility index (Phi) is 20.5. The largest absolute Gasteiger partial charge is 2.00 e. The molecule has 3 heterocycles. The van der Waals surface area contributed by atoms with Crippen LogP contribution in [0.5, 0.6) is 11.5 Å². The molecule has 1 atom stereocenters. The molecule has 0 bridgehead atoms. The molecule has 19 heteroatoms. The number of alkyl halides is 6. The van der Waals surface area contributed by atoms with Gasteiger partial charge in [0.15, 0.2) is 11.4 Å². The first-order chi connectivity index (χ1) is 26.1. The molecule has 9 nitrogen and oxygen atoms in total. The fourth-order valence-electron chi connectivity index (χ4n) is 4.75. The normalized spacial score (nSPS) is 12.9. The van der Waals surface area contributed by atoms with Crippen molar-refractivity contribution in [2.24, 2.45) is 0 Å². The number of benzene rings is 4. The van der Waals surface area contributed by atoms with Gasteiger partial charge in [0.05, 0.1) is 0 Å². The number of aromatic nitrogens is 4. The van der Waals surface area contributed by atoms with Crippen LogP contribution in [-0.4, -0.2) is 79.8 Å². The molecule has 6 aromatic rings. The molecule has 0 spiro atoms. The summed E-state index contributed by atoms with van der Waals surface area (Å²) in [7, 11) is 0. The number of imidazole rings is 2. The average molecular weight is 1000 g/mol. The van der Waals surface area contributed by atoms with Crippen molar-refractivity contribution >= 4 is 60.7 Å². The van der Waals surface area contributed by atoms with E-state index in [1.165, 1.54) is 55.4 Å². The second-order valence-corrected chi connectivity index (χ2v) is 12.9. The van der Waals surface area contributed by atoms with E-state index in [1.807, 2.05) is 12.1 Å². The van der Waals surface area contributed by atoms with Gasteiger partial charge in [-0.3, -0.25) is 4.79 Å². The van der Waals surface area contributed by atoms with Crippen LogP contribution in [0.15, 0.2) is 131 Å². The third-order valence-electron chi connectivity index (χ3n) is 7.14. The summed E-state index contributed by atoms with van der Waals surface area (Å²) in [5.41, 5.74) is -0.199. The van der Waals surface area contributed by atoms with E-state index in [9.17, 15) is 36.2 Å². The molecule has 57 heavy (non-hydrogen) atoms. The maximum Gasteiger partial charge on any atom is 2.00 e. The van der Waals surface area contributed by atoms with E-state index in [2.05, 4.69) is 67.3 Å². The number of carbonyl (C=O) groups is 1. The van der Waals surface area contributed by atoms with Crippen LogP contribution < -0.4 is 26.5 Å². The summed E-state index contributed by atoms with van der Waals surface area (Å²) in [6.45, 7) is 2.00. The zero-order valence-electron chi connectivity index (χ0n) is 29.5. The number of hydrogen-bond donors (Lipinski definition) is 3. The second kappa shape index (κ2) is 23.6. The van der Waals surface area contributed by atoms with Crippen molar-refractivity contribution in [2.45, 2.75) is 31.2 Å². The van der Waals surface area contributed by atoms with Gasteiger partial charge in [0.25, 0.3) is 0 Å². The molecule has 0 amide bonds. The SMILES string of the molecule is C1CCOC1.FC(F)(F)Oc1cc[c-]cc1.O=C(c1cccc(Br)c1)c1ncc[nH]1.OC(c1ccc(OC(F)(F)F)cc1)(c1cccc(Br)c1)c1ncc[nH]1.[Br-].[Mg+2]. The van der Waals surface area contributed by atoms with Crippen LogP contribution in [0.25, 0.3) is 0 Å². The molecule has 7 rings (SSSR count). The quantitative estimate of drug-likeness (QED) is 0.0718. The van der Waals surface area contributed by atoms with Gasteiger partial charge in [0, 0.05) is 58.3 Å². The molecular formula is C38H31Br3F6MgN4O5. The first-order valence-corrected chi connectivity index (χ1v) is 17.7. The van der Waals surface area contributed by atoms with Gasteiger partial charge in [0.2, 0.25) is 5.78 Å². The van der Waals surface area contributed by atoms with Crippen LogP contribution in [0.3, 0.4) is 0 Å². The maximum absolute atomic E-state index is 12.3. The summed E-state index contributed by atoms with van der Waals surface area (Å²) in [4.78, 5) is 25.4. The minimum absolute atomic E-state index is 0. The number of nitrogens with one attached hydrogen (secondary N) is 2. The van der Waals surface area contributed by atoms with Gasteiger partial charge in [-0.15, -0.1) is 38.5 Å². The Hall–Kier alpha value is -3.72. The molecule has 4 aromatic carbocycles. The number of nitrogens with zero attached hydrogens (tertiary/aromatic N) is 2. The van der Waals surface area contributed by atoms with E-state index < -0.39 is 18.3 Å². The van der Waals surface area contributed by atoms with E-state index in [1.54, 1.807) is 55.0 Å². The fourth-order valence-corrected chi connectivity index (χ4v) is 5.55.